The SMILES string of the molecule is [B][N+](C)(C)CC(C)C. The maximum atomic E-state index is 5.67. The van der Waals surface area contributed by atoms with Gasteiger partial charge in [-0.3, -0.25) is 0 Å². The largest absolute Gasteiger partial charge is 0.480 e. The van der Waals surface area contributed by atoms with Crippen molar-refractivity contribution >= 4 is 7.98 Å². The summed E-state index contributed by atoms with van der Waals surface area (Å²) in [6, 6.07) is 0. The number of nitrogens with zero attached hydrogens (tertiary/aromatic N) is 1. The van der Waals surface area contributed by atoms with Crippen molar-refractivity contribution in [3.05, 3.63) is 0 Å². The molecule has 2 heteroatoms. The molecular formula is C6H15BN+. The average molecular weight is 112 g/mol. The highest BCUT2D eigenvalue weighted by molar-refractivity contribution is 5.97. The van der Waals surface area contributed by atoms with Gasteiger partial charge in [-0.2, -0.15) is 0 Å². The van der Waals surface area contributed by atoms with Gasteiger partial charge in [0.2, 0.25) is 0 Å². The molecule has 0 aliphatic heterocycles. The van der Waals surface area contributed by atoms with Crippen LogP contribution < -0.4 is 0 Å². The minimum absolute atomic E-state index is 0.581. The predicted octanol–water partition coefficient (Wildman–Crippen LogP) is 0.802. The third kappa shape index (κ3) is 6.02. The zero-order valence-corrected chi connectivity index (χ0v) is 6.31. The van der Waals surface area contributed by atoms with Crippen molar-refractivity contribution in [3.63, 3.8) is 0 Å². The predicted molar refractivity (Wildman–Crippen MR) is 37.6 cm³/mol. The van der Waals surface area contributed by atoms with Gasteiger partial charge >= 0.3 is 7.98 Å². The smallest absolute Gasteiger partial charge is 0.401 e. The molecule has 0 spiro atoms. The van der Waals surface area contributed by atoms with Crippen LogP contribution in [0.3, 0.4) is 0 Å². The molecule has 0 aliphatic carbocycles. The molecule has 0 saturated carbocycles. The fraction of sp³-hybridized carbons (Fsp3) is 1.00. The van der Waals surface area contributed by atoms with Gasteiger partial charge in [0.05, 0.1) is 6.54 Å². The summed E-state index contributed by atoms with van der Waals surface area (Å²) < 4.78 is 0.581. The molecule has 2 radical (unpaired) electrons. The van der Waals surface area contributed by atoms with Gasteiger partial charge in [-0.1, -0.05) is 13.8 Å². The quantitative estimate of drug-likeness (QED) is 0.463. The topological polar surface area (TPSA) is 0 Å². The first-order valence-electron chi connectivity index (χ1n) is 3.03. The van der Waals surface area contributed by atoms with Gasteiger partial charge in [0.1, 0.15) is 0 Å². The first kappa shape index (κ1) is 8.02. The third-order valence-electron chi connectivity index (χ3n) is 0.836. The fourth-order valence-electron chi connectivity index (χ4n) is 0.941. The Morgan fingerprint density at radius 2 is 1.75 bits per heavy atom. The highest BCUT2D eigenvalue weighted by atomic mass is 15.2. The van der Waals surface area contributed by atoms with E-state index < -0.39 is 0 Å². The molecule has 0 fully saturated rings. The van der Waals surface area contributed by atoms with Crippen molar-refractivity contribution in [2.24, 2.45) is 5.92 Å². The van der Waals surface area contributed by atoms with Crippen LogP contribution in [0.1, 0.15) is 13.8 Å². The molecule has 8 heavy (non-hydrogen) atoms. The molecule has 0 aromatic carbocycles. The highest BCUT2D eigenvalue weighted by Gasteiger charge is 2.08. The van der Waals surface area contributed by atoms with Crippen molar-refractivity contribution in [1.29, 1.82) is 0 Å². The van der Waals surface area contributed by atoms with E-state index in [1.165, 1.54) is 0 Å². The van der Waals surface area contributed by atoms with Crippen LogP contribution in [0.15, 0.2) is 0 Å². The Labute approximate surface area is 53.7 Å². The Morgan fingerprint density at radius 1 is 1.38 bits per heavy atom. The second-order valence-electron chi connectivity index (χ2n) is 3.36. The van der Waals surface area contributed by atoms with Crippen LogP contribution in [0.2, 0.25) is 0 Å². The maximum Gasteiger partial charge on any atom is 0.480 e. The van der Waals surface area contributed by atoms with E-state index in [0.717, 1.165) is 6.54 Å². The molecule has 0 aromatic rings. The van der Waals surface area contributed by atoms with Gasteiger partial charge in [-0.05, 0) is 0 Å². The van der Waals surface area contributed by atoms with E-state index in [1.54, 1.807) is 0 Å². The van der Waals surface area contributed by atoms with Crippen molar-refractivity contribution < 1.29 is 4.39 Å². The lowest BCUT2D eigenvalue weighted by Gasteiger charge is -2.26. The van der Waals surface area contributed by atoms with E-state index >= 15 is 0 Å². The summed E-state index contributed by atoms with van der Waals surface area (Å²) in [4.78, 5) is 0. The van der Waals surface area contributed by atoms with Crippen LogP contribution in [-0.4, -0.2) is 33.0 Å². The Kier molecular flexibility index (Phi) is 2.55. The van der Waals surface area contributed by atoms with Crippen LogP contribution in [0.5, 0.6) is 0 Å². The van der Waals surface area contributed by atoms with E-state index in [0.29, 0.717) is 10.3 Å². The third-order valence-corrected chi connectivity index (χ3v) is 0.836. The van der Waals surface area contributed by atoms with Gasteiger partial charge < -0.3 is 4.39 Å². The van der Waals surface area contributed by atoms with Crippen LogP contribution in [0.4, 0.5) is 0 Å². The summed E-state index contributed by atoms with van der Waals surface area (Å²) in [5, 5.41) is 0. The standard InChI is InChI=1S/C6H15BN/c1-6(2)5-8(3,4)7/h6H,5H2,1-4H3/q+1. The molecule has 0 aromatic heterocycles. The molecule has 0 saturated heterocycles. The van der Waals surface area contributed by atoms with Crippen LogP contribution in [-0.2, 0) is 0 Å². The van der Waals surface area contributed by atoms with E-state index in [4.69, 9.17) is 7.98 Å². The summed E-state index contributed by atoms with van der Waals surface area (Å²) in [7, 11) is 9.67. The summed E-state index contributed by atoms with van der Waals surface area (Å²) in [5.41, 5.74) is 0. The summed E-state index contributed by atoms with van der Waals surface area (Å²) in [6.07, 6.45) is 0. The van der Waals surface area contributed by atoms with E-state index in [1.807, 2.05) is 14.1 Å². The monoisotopic (exact) mass is 112 g/mol. The van der Waals surface area contributed by atoms with Gasteiger partial charge in [0.15, 0.2) is 0 Å². The zero-order chi connectivity index (χ0) is 6.78. The van der Waals surface area contributed by atoms with Crippen LogP contribution >= 0.6 is 0 Å². The molecular weight excluding hydrogens is 96.9 g/mol. The fourth-order valence-corrected chi connectivity index (χ4v) is 0.941. The molecule has 0 rings (SSSR count). The summed E-state index contributed by atoms with van der Waals surface area (Å²) >= 11 is 0. The number of hydrogen-bond acceptors (Lipinski definition) is 0. The minimum Gasteiger partial charge on any atom is -0.401 e. The van der Waals surface area contributed by atoms with Crippen LogP contribution in [0.25, 0.3) is 0 Å². The van der Waals surface area contributed by atoms with Gasteiger partial charge in [0, 0.05) is 20.0 Å². The summed E-state index contributed by atoms with van der Waals surface area (Å²) in [6.45, 7) is 5.39. The highest BCUT2D eigenvalue weighted by Crippen LogP contribution is 1.98. The van der Waals surface area contributed by atoms with Gasteiger partial charge in [-0.15, -0.1) is 0 Å². The van der Waals surface area contributed by atoms with Crippen molar-refractivity contribution in [3.8, 4) is 0 Å². The van der Waals surface area contributed by atoms with E-state index in [-0.39, 0.29) is 0 Å². The minimum atomic E-state index is 0.581. The maximum absolute atomic E-state index is 5.67. The molecule has 1 nitrogen and oxygen atoms in total. The average Bonchev–Trinajstić information content (AvgIpc) is 1.21. The second kappa shape index (κ2) is 2.54. The molecule has 0 heterocycles. The van der Waals surface area contributed by atoms with E-state index in [9.17, 15) is 0 Å². The molecule has 0 N–H and O–H groups in total. The van der Waals surface area contributed by atoms with Gasteiger partial charge in [0.25, 0.3) is 0 Å². The van der Waals surface area contributed by atoms with E-state index in [2.05, 4.69) is 13.8 Å². The lowest BCUT2D eigenvalue weighted by atomic mass is 10.1. The first-order chi connectivity index (χ1) is 3.42. The number of rotatable bonds is 2. The number of quaternary nitrogens is 1. The molecule has 0 atom stereocenters. The second-order valence-corrected chi connectivity index (χ2v) is 3.36. The summed E-state index contributed by atoms with van der Waals surface area (Å²) in [5.74, 6) is 0.690. The van der Waals surface area contributed by atoms with Crippen molar-refractivity contribution in [2.75, 3.05) is 20.6 Å². The Hall–Kier alpha value is 0.0249. The van der Waals surface area contributed by atoms with Gasteiger partial charge in [-0.25, -0.2) is 0 Å². The molecule has 0 bridgehead atoms. The number of hydrogen-bond donors (Lipinski definition) is 0. The molecule has 46 valence electrons. The lowest BCUT2D eigenvalue weighted by Crippen LogP contribution is -2.39. The zero-order valence-electron chi connectivity index (χ0n) is 6.31. The lowest BCUT2D eigenvalue weighted by molar-refractivity contribution is -0.776. The molecule has 0 unspecified atom stereocenters. The molecule has 0 aliphatic rings. The normalized spacial score (nSPS) is 12.6. The Morgan fingerprint density at radius 3 is 1.75 bits per heavy atom. The van der Waals surface area contributed by atoms with Crippen molar-refractivity contribution in [2.45, 2.75) is 13.8 Å². The van der Waals surface area contributed by atoms with Crippen molar-refractivity contribution in [1.82, 2.24) is 0 Å². The molecule has 0 amide bonds. The first-order valence-corrected chi connectivity index (χ1v) is 3.03. The Balaban J connectivity index is 3.39. The Bertz CT molecular complexity index is 63.4. The van der Waals surface area contributed by atoms with Crippen LogP contribution in [0, 0.1) is 5.92 Å².